The molecule has 0 aliphatic carbocycles. The van der Waals surface area contributed by atoms with Crippen molar-refractivity contribution in [1.82, 2.24) is 10.3 Å². The molecule has 0 aliphatic rings. The molecule has 88 valence electrons. The predicted molar refractivity (Wildman–Crippen MR) is 65.0 cm³/mol. The number of anilines is 2. The van der Waals surface area contributed by atoms with E-state index in [2.05, 4.69) is 15.6 Å². The van der Waals surface area contributed by atoms with Crippen LogP contribution in [-0.2, 0) is 4.79 Å². The molecular formula is C11H18N4O. The predicted octanol–water partition coefficient (Wildman–Crippen LogP) is 0.989. The SMILES string of the molecule is CC(C)NC(=O)C(C)Nc1cccc(N)n1. The van der Waals surface area contributed by atoms with Crippen LogP contribution in [0, 0.1) is 0 Å². The standard InChI is InChI=1S/C11H18N4O/c1-7(2)13-11(16)8(3)14-10-6-4-5-9(12)15-10/h4-8H,1-3H3,(H,13,16)(H3,12,14,15). The number of amides is 1. The van der Waals surface area contributed by atoms with E-state index in [1.165, 1.54) is 0 Å². The third-order valence-corrected chi connectivity index (χ3v) is 1.96. The molecule has 5 nitrogen and oxygen atoms in total. The molecule has 1 atom stereocenters. The summed E-state index contributed by atoms with van der Waals surface area (Å²) in [4.78, 5) is 15.7. The van der Waals surface area contributed by atoms with Crippen LogP contribution < -0.4 is 16.4 Å². The van der Waals surface area contributed by atoms with E-state index in [4.69, 9.17) is 5.73 Å². The fraction of sp³-hybridized carbons (Fsp3) is 0.455. The summed E-state index contributed by atoms with van der Waals surface area (Å²) in [6.45, 7) is 5.62. The van der Waals surface area contributed by atoms with Crippen molar-refractivity contribution in [3.05, 3.63) is 18.2 Å². The van der Waals surface area contributed by atoms with Crippen LogP contribution in [0.2, 0.25) is 0 Å². The number of nitrogens with one attached hydrogen (secondary N) is 2. The van der Waals surface area contributed by atoms with Gasteiger partial charge in [0.1, 0.15) is 17.7 Å². The Bertz CT molecular complexity index is 365. The number of pyridine rings is 1. The number of nitrogens with zero attached hydrogens (tertiary/aromatic N) is 1. The smallest absolute Gasteiger partial charge is 0.242 e. The molecule has 0 spiro atoms. The Kier molecular flexibility index (Phi) is 4.10. The fourth-order valence-electron chi connectivity index (χ4n) is 1.23. The van der Waals surface area contributed by atoms with Crippen molar-refractivity contribution in [3.63, 3.8) is 0 Å². The summed E-state index contributed by atoms with van der Waals surface area (Å²) in [6, 6.07) is 5.05. The average molecular weight is 222 g/mol. The first-order valence-electron chi connectivity index (χ1n) is 5.28. The third kappa shape index (κ3) is 3.76. The number of aromatic nitrogens is 1. The highest BCUT2D eigenvalue weighted by Gasteiger charge is 2.13. The maximum atomic E-state index is 11.6. The normalized spacial score (nSPS) is 12.2. The van der Waals surface area contributed by atoms with Crippen LogP contribution >= 0.6 is 0 Å². The van der Waals surface area contributed by atoms with Crippen LogP contribution in [0.15, 0.2) is 18.2 Å². The van der Waals surface area contributed by atoms with Gasteiger partial charge in [-0.25, -0.2) is 4.98 Å². The molecule has 1 heterocycles. The van der Waals surface area contributed by atoms with Gasteiger partial charge in [-0.2, -0.15) is 0 Å². The maximum Gasteiger partial charge on any atom is 0.242 e. The zero-order valence-corrected chi connectivity index (χ0v) is 9.82. The molecule has 1 rings (SSSR count). The van der Waals surface area contributed by atoms with E-state index in [1.54, 1.807) is 25.1 Å². The Hall–Kier alpha value is -1.78. The summed E-state index contributed by atoms with van der Waals surface area (Å²) in [6.07, 6.45) is 0. The number of carbonyl (C=O) groups excluding carboxylic acids is 1. The van der Waals surface area contributed by atoms with E-state index in [1.807, 2.05) is 13.8 Å². The number of nitrogens with two attached hydrogens (primary N) is 1. The first-order valence-corrected chi connectivity index (χ1v) is 5.28. The number of carbonyl (C=O) groups is 1. The van der Waals surface area contributed by atoms with Gasteiger partial charge < -0.3 is 16.4 Å². The molecule has 0 saturated carbocycles. The van der Waals surface area contributed by atoms with Gasteiger partial charge in [-0.15, -0.1) is 0 Å². The summed E-state index contributed by atoms with van der Waals surface area (Å²) in [7, 11) is 0. The minimum Gasteiger partial charge on any atom is -0.384 e. The molecule has 1 aromatic rings. The third-order valence-electron chi connectivity index (χ3n) is 1.96. The topological polar surface area (TPSA) is 80.0 Å². The van der Waals surface area contributed by atoms with Crippen LogP contribution in [0.5, 0.6) is 0 Å². The van der Waals surface area contributed by atoms with Crippen LogP contribution in [0.3, 0.4) is 0 Å². The Labute approximate surface area is 95.4 Å². The van der Waals surface area contributed by atoms with Gasteiger partial charge in [0.2, 0.25) is 5.91 Å². The summed E-state index contributed by atoms with van der Waals surface area (Å²) in [5, 5.41) is 5.80. The lowest BCUT2D eigenvalue weighted by atomic mass is 10.2. The van der Waals surface area contributed by atoms with Gasteiger partial charge in [-0.05, 0) is 32.9 Å². The van der Waals surface area contributed by atoms with E-state index in [0.29, 0.717) is 11.6 Å². The Morgan fingerprint density at radius 2 is 2.06 bits per heavy atom. The van der Waals surface area contributed by atoms with Crippen LogP contribution in [0.25, 0.3) is 0 Å². The molecule has 1 aromatic heterocycles. The van der Waals surface area contributed by atoms with Crippen molar-refractivity contribution >= 4 is 17.5 Å². The second kappa shape index (κ2) is 5.34. The summed E-state index contributed by atoms with van der Waals surface area (Å²) in [5.41, 5.74) is 5.54. The number of nitrogen functional groups attached to an aromatic ring is 1. The van der Waals surface area contributed by atoms with Gasteiger partial charge in [0.15, 0.2) is 0 Å². The van der Waals surface area contributed by atoms with E-state index >= 15 is 0 Å². The summed E-state index contributed by atoms with van der Waals surface area (Å²) < 4.78 is 0. The second-order valence-corrected chi connectivity index (χ2v) is 3.98. The van der Waals surface area contributed by atoms with Gasteiger partial charge in [0.25, 0.3) is 0 Å². The van der Waals surface area contributed by atoms with Crippen molar-refractivity contribution in [2.75, 3.05) is 11.1 Å². The molecule has 4 N–H and O–H groups in total. The first-order chi connectivity index (χ1) is 7.49. The molecule has 16 heavy (non-hydrogen) atoms. The van der Waals surface area contributed by atoms with Crippen molar-refractivity contribution in [2.24, 2.45) is 0 Å². The summed E-state index contributed by atoms with van der Waals surface area (Å²) >= 11 is 0. The maximum absolute atomic E-state index is 11.6. The molecular weight excluding hydrogens is 204 g/mol. The Morgan fingerprint density at radius 1 is 1.38 bits per heavy atom. The largest absolute Gasteiger partial charge is 0.384 e. The van der Waals surface area contributed by atoms with E-state index in [0.717, 1.165) is 0 Å². The lowest BCUT2D eigenvalue weighted by molar-refractivity contribution is -0.122. The average Bonchev–Trinajstić information content (AvgIpc) is 2.16. The van der Waals surface area contributed by atoms with E-state index in [-0.39, 0.29) is 18.0 Å². The minimum atomic E-state index is -0.336. The number of hydrogen-bond acceptors (Lipinski definition) is 4. The van der Waals surface area contributed by atoms with Crippen LogP contribution in [0.4, 0.5) is 11.6 Å². The fourth-order valence-corrected chi connectivity index (χ4v) is 1.23. The molecule has 0 aliphatic heterocycles. The van der Waals surface area contributed by atoms with Crippen LogP contribution in [-0.4, -0.2) is 23.0 Å². The molecule has 0 aromatic carbocycles. The number of hydrogen-bond donors (Lipinski definition) is 3. The Balaban J connectivity index is 2.57. The molecule has 0 fully saturated rings. The molecule has 0 radical (unpaired) electrons. The molecule has 5 heteroatoms. The van der Waals surface area contributed by atoms with Crippen molar-refractivity contribution in [3.8, 4) is 0 Å². The second-order valence-electron chi connectivity index (χ2n) is 3.98. The van der Waals surface area contributed by atoms with Crippen molar-refractivity contribution in [1.29, 1.82) is 0 Å². The van der Waals surface area contributed by atoms with Crippen molar-refractivity contribution < 1.29 is 4.79 Å². The zero-order valence-electron chi connectivity index (χ0n) is 9.82. The lowest BCUT2D eigenvalue weighted by Gasteiger charge is -2.16. The van der Waals surface area contributed by atoms with E-state index < -0.39 is 0 Å². The van der Waals surface area contributed by atoms with Crippen molar-refractivity contribution in [2.45, 2.75) is 32.9 Å². The number of rotatable bonds is 4. The van der Waals surface area contributed by atoms with Gasteiger partial charge in [-0.1, -0.05) is 6.07 Å². The van der Waals surface area contributed by atoms with Gasteiger partial charge in [-0.3, -0.25) is 4.79 Å². The Morgan fingerprint density at radius 3 is 2.62 bits per heavy atom. The van der Waals surface area contributed by atoms with E-state index in [9.17, 15) is 4.79 Å². The molecule has 1 unspecified atom stereocenters. The monoisotopic (exact) mass is 222 g/mol. The van der Waals surface area contributed by atoms with Crippen LogP contribution in [0.1, 0.15) is 20.8 Å². The van der Waals surface area contributed by atoms with Gasteiger partial charge in [0.05, 0.1) is 0 Å². The molecule has 0 bridgehead atoms. The molecule has 1 amide bonds. The van der Waals surface area contributed by atoms with Gasteiger partial charge >= 0.3 is 0 Å². The lowest BCUT2D eigenvalue weighted by Crippen LogP contribution is -2.41. The zero-order chi connectivity index (χ0) is 12.1. The summed E-state index contributed by atoms with van der Waals surface area (Å²) in [5.74, 6) is 0.979. The minimum absolute atomic E-state index is 0.0563. The first kappa shape index (κ1) is 12.3. The highest BCUT2D eigenvalue weighted by molar-refractivity contribution is 5.84. The quantitative estimate of drug-likeness (QED) is 0.709. The highest BCUT2D eigenvalue weighted by atomic mass is 16.2. The highest BCUT2D eigenvalue weighted by Crippen LogP contribution is 2.07. The molecule has 0 saturated heterocycles. The van der Waals surface area contributed by atoms with Gasteiger partial charge in [0, 0.05) is 6.04 Å².